The molecule has 126 valence electrons. The lowest BCUT2D eigenvalue weighted by Crippen LogP contribution is -2.22. The summed E-state index contributed by atoms with van der Waals surface area (Å²) in [6, 6.07) is 9.32. The van der Waals surface area contributed by atoms with Crippen molar-refractivity contribution in [2.45, 2.75) is 24.6 Å². The van der Waals surface area contributed by atoms with Crippen LogP contribution in [-0.2, 0) is 16.4 Å². The molecule has 2 rings (SSSR count). The molecule has 0 fully saturated rings. The zero-order chi connectivity index (χ0) is 16.3. The first kappa shape index (κ1) is 19.9. The number of thiophene rings is 1. The second kappa shape index (κ2) is 8.11. The molecule has 0 saturated carbocycles. The zero-order valence-electron chi connectivity index (χ0n) is 13.2. The molecule has 23 heavy (non-hydrogen) atoms. The average Bonchev–Trinajstić information content (AvgIpc) is 2.89. The van der Waals surface area contributed by atoms with Crippen molar-refractivity contribution in [3.8, 4) is 0 Å². The summed E-state index contributed by atoms with van der Waals surface area (Å²) in [6.45, 7) is 4.43. The largest absolute Gasteiger partial charge is 0.370 e. The highest BCUT2D eigenvalue weighted by atomic mass is 127. The van der Waals surface area contributed by atoms with Gasteiger partial charge in [0.05, 0.1) is 6.54 Å². The number of nitrogens with two attached hydrogens (primary N) is 1. The number of nitrogens with zero attached hydrogens (tertiary/aromatic N) is 1. The van der Waals surface area contributed by atoms with E-state index in [1.807, 2.05) is 32.0 Å². The van der Waals surface area contributed by atoms with Crippen molar-refractivity contribution in [1.29, 1.82) is 0 Å². The normalized spacial score (nSPS) is 11.9. The molecule has 1 heterocycles. The third-order valence-electron chi connectivity index (χ3n) is 3.19. The van der Waals surface area contributed by atoms with Gasteiger partial charge in [-0.1, -0.05) is 6.07 Å². The molecule has 2 aromatic rings. The summed E-state index contributed by atoms with van der Waals surface area (Å²) in [5, 5.41) is 3.03. The van der Waals surface area contributed by atoms with Gasteiger partial charge in [-0.15, -0.1) is 35.3 Å². The summed E-state index contributed by atoms with van der Waals surface area (Å²) in [5.74, 6) is 0.303. The van der Waals surface area contributed by atoms with Gasteiger partial charge in [-0.2, -0.15) is 0 Å². The van der Waals surface area contributed by atoms with E-state index in [-0.39, 0.29) is 24.0 Å². The standard InChI is InChI=1S/C15H19N3O2S2.HI/c1-10-4-5-12(8-11(10)2)18-15(16)17-9-13-6-7-14(21-13)22(3,19)20;/h4-8H,9H2,1-3H3,(H3,16,17,18);1H. The maximum atomic E-state index is 11.4. The van der Waals surface area contributed by atoms with Crippen molar-refractivity contribution < 1.29 is 8.42 Å². The molecular weight excluding hydrogens is 445 g/mol. The first-order valence-corrected chi connectivity index (χ1v) is 9.39. The Morgan fingerprint density at radius 2 is 1.91 bits per heavy atom. The minimum atomic E-state index is -3.15. The lowest BCUT2D eigenvalue weighted by atomic mass is 10.1. The van der Waals surface area contributed by atoms with Gasteiger partial charge >= 0.3 is 0 Å². The Hall–Kier alpha value is -1.13. The number of aryl methyl sites for hydroxylation is 2. The summed E-state index contributed by atoms with van der Waals surface area (Å²) in [5.41, 5.74) is 9.13. The van der Waals surface area contributed by atoms with Crippen molar-refractivity contribution in [3.05, 3.63) is 46.3 Å². The molecule has 5 nitrogen and oxygen atoms in total. The number of nitrogens with one attached hydrogen (secondary N) is 1. The van der Waals surface area contributed by atoms with E-state index in [9.17, 15) is 8.42 Å². The highest BCUT2D eigenvalue weighted by Crippen LogP contribution is 2.22. The van der Waals surface area contributed by atoms with E-state index in [1.54, 1.807) is 12.1 Å². The second-order valence-corrected chi connectivity index (χ2v) is 8.53. The number of anilines is 1. The fraction of sp³-hybridized carbons (Fsp3) is 0.267. The van der Waals surface area contributed by atoms with Gasteiger partial charge < -0.3 is 11.1 Å². The van der Waals surface area contributed by atoms with E-state index in [0.717, 1.165) is 10.6 Å². The van der Waals surface area contributed by atoms with Crippen LogP contribution < -0.4 is 11.1 Å². The molecule has 0 bridgehead atoms. The summed E-state index contributed by atoms with van der Waals surface area (Å²) in [4.78, 5) is 5.09. The smallest absolute Gasteiger partial charge is 0.193 e. The van der Waals surface area contributed by atoms with Gasteiger partial charge in [-0.3, -0.25) is 0 Å². The molecule has 0 saturated heterocycles. The predicted molar refractivity (Wildman–Crippen MR) is 108 cm³/mol. The molecule has 0 aliphatic rings. The van der Waals surface area contributed by atoms with Crippen LogP contribution >= 0.6 is 35.3 Å². The first-order chi connectivity index (χ1) is 10.3. The molecule has 0 spiro atoms. The number of hydrogen-bond acceptors (Lipinski definition) is 4. The van der Waals surface area contributed by atoms with Crippen LogP contribution in [0.2, 0.25) is 0 Å². The third-order valence-corrected chi connectivity index (χ3v) is 6.08. The lowest BCUT2D eigenvalue weighted by molar-refractivity contribution is 0.604. The highest BCUT2D eigenvalue weighted by molar-refractivity contribution is 14.0. The summed E-state index contributed by atoms with van der Waals surface area (Å²) < 4.78 is 23.2. The zero-order valence-corrected chi connectivity index (χ0v) is 17.1. The van der Waals surface area contributed by atoms with Gasteiger partial charge in [0, 0.05) is 16.8 Å². The molecule has 1 aromatic carbocycles. The highest BCUT2D eigenvalue weighted by Gasteiger charge is 2.10. The molecule has 3 N–H and O–H groups in total. The Morgan fingerprint density at radius 3 is 2.48 bits per heavy atom. The van der Waals surface area contributed by atoms with Crippen LogP contribution in [0, 0.1) is 13.8 Å². The van der Waals surface area contributed by atoms with Crippen molar-refractivity contribution in [1.82, 2.24) is 0 Å². The SMILES string of the molecule is Cc1ccc(NC(N)=NCc2ccc(S(C)(=O)=O)s2)cc1C.I. The molecule has 0 amide bonds. The van der Waals surface area contributed by atoms with E-state index in [1.165, 1.54) is 28.7 Å². The van der Waals surface area contributed by atoms with Crippen molar-refractivity contribution in [3.63, 3.8) is 0 Å². The maximum Gasteiger partial charge on any atom is 0.193 e. The van der Waals surface area contributed by atoms with Gasteiger partial charge in [0.15, 0.2) is 15.8 Å². The van der Waals surface area contributed by atoms with E-state index in [4.69, 9.17) is 5.73 Å². The minimum absolute atomic E-state index is 0. The van der Waals surface area contributed by atoms with Crippen LogP contribution in [0.15, 0.2) is 39.5 Å². The van der Waals surface area contributed by atoms with Crippen LogP contribution in [-0.4, -0.2) is 20.6 Å². The summed E-state index contributed by atoms with van der Waals surface area (Å²) in [6.07, 6.45) is 1.20. The van der Waals surface area contributed by atoms with Crippen molar-refractivity contribution in [2.24, 2.45) is 10.7 Å². The van der Waals surface area contributed by atoms with Crippen LogP contribution in [0.5, 0.6) is 0 Å². The fourth-order valence-electron chi connectivity index (χ4n) is 1.81. The van der Waals surface area contributed by atoms with Gasteiger partial charge in [0.25, 0.3) is 0 Å². The van der Waals surface area contributed by atoms with Crippen LogP contribution in [0.3, 0.4) is 0 Å². The Morgan fingerprint density at radius 1 is 1.22 bits per heavy atom. The number of guanidine groups is 1. The van der Waals surface area contributed by atoms with Gasteiger partial charge in [0.2, 0.25) is 0 Å². The van der Waals surface area contributed by atoms with E-state index in [0.29, 0.717) is 16.7 Å². The molecule has 0 atom stereocenters. The Labute approximate surface area is 158 Å². The molecule has 0 radical (unpaired) electrons. The Balaban J connectivity index is 0.00000264. The number of hydrogen-bond donors (Lipinski definition) is 2. The average molecular weight is 465 g/mol. The van der Waals surface area contributed by atoms with Crippen molar-refractivity contribution in [2.75, 3.05) is 11.6 Å². The number of sulfone groups is 1. The van der Waals surface area contributed by atoms with Gasteiger partial charge in [0.1, 0.15) is 4.21 Å². The monoisotopic (exact) mass is 465 g/mol. The van der Waals surface area contributed by atoms with Gasteiger partial charge in [-0.05, 0) is 49.2 Å². The molecule has 8 heteroatoms. The summed E-state index contributed by atoms with van der Waals surface area (Å²) in [7, 11) is -3.15. The molecule has 0 unspecified atom stereocenters. The van der Waals surface area contributed by atoms with E-state index in [2.05, 4.69) is 10.3 Å². The quantitative estimate of drug-likeness (QED) is 0.412. The molecule has 1 aromatic heterocycles. The fourth-order valence-corrected chi connectivity index (χ4v) is 3.71. The number of aliphatic imine (C=N–C) groups is 1. The number of halogens is 1. The Kier molecular flexibility index (Phi) is 7.02. The number of rotatable bonds is 4. The van der Waals surface area contributed by atoms with E-state index < -0.39 is 9.84 Å². The second-order valence-electron chi connectivity index (χ2n) is 5.12. The first-order valence-electron chi connectivity index (χ1n) is 6.68. The maximum absolute atomic E-state index is 11.4. The van der Waals surface area contributed by atoms with Crippen LogP contribution in [0.4, 0.5) is 5.69 Å². The lowest BCUT2D eigenvalue weighted by Gasteiger charge is -2.07. The Bertz CT molecular complexity index is 814. The van der Waals surface area contributed by atoms with Crippen LogP contribution in [0.25, 0.3) is 0 Å². The third kappa shape index (κ3) is 5.78. The predicted octanol–water partition coefficient (Wildman–Crippen LogP) is 3.31. The molecule has 0 aliphatic carbocycles. The van der Waals surface area contributed by atoms with Crippen LogP contribution in [0.1, 0.15) is 16.0 Å². The molecular formula is C15H20IN3O2S2. The van der Waals surface area contributed by atoms with E-state index >= 15 is 0 Å². The summed E-state index contributed by atoms with van der Waals surface area (Å²) >= 11 is 1.21. The number of benzene rings is 1. The van der Waals surface area contributed by atoms with Gasteiger partial charge in [-0.25, -0.2) is 13.4 Å². The minimum Gasteiger partial charge on any atom is -0.370 e. The topological polar surface area (TPSA) is 84.5 Å². The molecule has 0 aliphatic heterocycles. The van der Waals surface area contributed by atoms with Crippen molar-refractivity contribution >= 4 is 56.8 Å².